The van der Waals surface area contributed by atoms with Crippen LogP contribution in [0.5, 0.6) is 0 Å². The molecule has 3 heteroatoms. The summed E-state index contributed by atoms with van der Waals surface area (Å²) in [5.41, 5.74) is 5.58. The van der Waals surface area contributed by atoms with Crippen molar-refractivity contribution in [3.05, 3.63) is 0 Å². The van der Waals surface area contributed by atoms with Crippen LogP contribution in [-0.2, 0) is 0 Å². The number of hydrogen-bond acceptors (Lipinski definition) is 1. The van der Waals surface area contributed by atoms with Gasteiger partial charge in [-0.25, -0.2) is 4.79 Å². The first-order chi connectivity index (χ1) is 4.22. The SMILES string of the molecule is NC(=O)N1CC2(CC2)C1. The van der Waals surface area contributed by atoms with Crippen LogP contribution < -0.4 is 5.73 Å². The Morgan fingerprint density at radius 2 is 2.00 bits per heavy atom. The summed E-state index contributed by atoms with van der Waals surface area (Å²) in [6, 6.07) is -0.257. The van der Waals surface area contributed by atoms with E-state index in [0.717, 1.165) is 13.1 Å². The first-order valence-corrected chi connectivity index (χ1v) is 3.26. The van der Waals surface area contributed by atoms with E-state index in [1.807, 2.05) is 0 Å². The molecule has 0 aromatic rings. The first kappa shape index (κ1) is 5.09. The van der Waals surface area contributed by atoms with Gasteiger partial charge in [0, 0.05) is 18.5 Å². The molecule has 2 fully saturated rings. The second kappa shape index (κ2) is 1.23. The molecule has 0 bridgehead atoms. The van der Waals surface area contributed by atoms with Crippen LogP contribution in [0.4, 0.5) is 4.79 Å². The zero-order chi connectivity index (χ0) is 6.48. The number of urea groups is 1. The summed E-state index contributed by atoms with van der Waals surface area (Å²) in [5.74, 6) is 0. The van der Waals surface area contributed by atoms with E-state index in [0.29, 0.717) is 5.41 Å². The van der Waals surface area contributed by atoms with Gasteiger partial charge in [-0.2, -0.15) is 0 Å². The lowest BCUT2D eigenvalue weighted by molar-refractivity contribution is 0.113. The van der Waals surface area contributed by atoms with Gasteiger partial charge < -0.3 is 10.6 Å². The summed E-state index contributed by atoms with van der Waals surface area (Å²) < 4.78 is 0. The van der Waals surface area contributed by atoms with Crippen LogP contribution >= 0.6 is 0 Å². The van der Waals surface area contributed by atoms with E-state index in [2.05, 4.69) is 0 Å². The number of carbonyl (C=O) groups is 1. The van der Waals surface area contributed by atoms with E-state index in [1.54, 1.807) is 4.90 Å². The Balaban J connectivity index is 1.90. The van der Waals surface area contributed by atoms with Gasteiger partial charge in [-0.05, 0) is 12.8 Å². The van der Waals surface area contributed by atoms with Crippen LogP contribution in [0.1, 0.15) is 12.8 Å². The summed E-state index contributed by atoms with van der Waals surface area (Å²) in [5, 5.41) is 0. The number of hydrogen-bond donors (Lipinski definition) is 1. The maximum absolute atomic E-state index is 10.4. The van der Waals surface area contributed by atoms with Gasteiger partial charge in [-0.3, -0.25) is 0 Å². The Labute approximate surface area is 53.8 Å². The summed E-state index contributed by atoms with van der Waals surface area (Å²) >= 11 is 0. The average Bonchev–Trinajstić information content (AvgIpc) is 2.35. The van der Waals surface area contributed by atoms with Crippen molar-refractivity contribution in [1.29, 1.82) is 0 Å². The molecule has 0 unspecified atom stereocenters. The molecular formula is C6H10N2O. The highest BCUT2D eigenvalue weighted by atomic mass is 16.2. The van der Waals surface area contributed by atoms with Crippen molar-refractivity contribution < 1.29 is 4.79 Å². The quantitative estimate of drug-likeness (QED) is 0.493. The third-order valence-corrected chi connectivity index (χ3v) is 2.32. The third kappa shape index (κ3) is 0.605. The van der Waals surface area contributed by atoms with E-state index < -0.39 is 0 Å². The van der Waals surface area contributed by atoms with E-state index in [-0.39, 0.29) is 6.03 Å². The predicted octanol–water partition coefficient (Wildman–Crippen LogP) is 0.161. The highest BCUT2D eigenvalue weighted by molar-refractivity contribution is 5.73. The minimum absolute atomic E-state index is 0.257. The molecule has 1 aliphatic heterocycles. The Kier molecular flexibility index (Phi) is 0.693. The van der Waals surface area contributed by atoms with E-state index in [1.165, 1.54) is 12.8 Å². The Morgan fingerprint density at radius 1 is 1.44 bits per heavy atom. The molecule has 1 spiro atoms. The smallest absolute Gasteiger partial charge is 0.314 e. The lowest BCUT2D eigenvalue weighted by Crippen LogP contribution is -2.53. The number of rotatable bonds is 0. The highest BCUT2D eigenvalue weighted by Gasteiger charge is 2.53. The second-order valence-electron chi connectivity index (χ2n) is 3.19. The number of likely N-dealkylation sites (tertiary alicyclic amines) is 1. The molecule has 2 N–H and O–H groups in total. The van der Waals surface area contributed by atoms with Crippen molar-refractivity contribution in [2.24, 2.45) is 11.1 Å². The largest absolute Gasteiger partial charge is 0.351 e. The fraction of sp³-hybridized carbons (Fsp3) is 0.833. The van der Waals surface area contributed by atoms with E-state index in [4.69, 9.17) is 5.73 Å². The molecule has 9 heavy (non-hydrogen) atoms. The van der Waals surface area contributed by atoms with Crippen LogP contribution in [0.25, 0.3) is 0 Å². The van der Waals surface area contributed by atoms with E-state index >= 15 is 0 Å². The maximum atomic E-state index is 10.4. The third-order valence-electron chi connectivity index (χ3n) is 2.32. The minimum Gasteiger partial charge on any atom is -0.351 e. The van der Waals surface area contributed by atoms with Gasteiger partial charge in [0.1, 0.15) is 0 Å². The summed E-state index contributed by atoms with van der Waals surface area (Å²) in [4.78, 5) is 12.1. The summed E-state index contributed by atoms with van der Waals surface area (Å²) in [6.07, 6.45) is 2.60. The lowest BCUT2D eigenvalue weighted by atomic mass is 9.98. The fourth-order valence-electron chi connectivity index (χ4n) is 1.41. The summed E-state index contributed by atoms with van der Waals surface area (Å²) in [7, 11) is 0. The van der Waals surface area contributed by atoms with Crippen molar-refractivity contribution >= 4 is 6.03 Å². The normalized spacial score (nSPS) is 27.8. The Bertz CT molecular complexity index is 154. The van der Waals surface area contributed by atoms with Crippen molar-refractivity contribution in [3.8, 4) is 0 Å². The van der Waals surface area contributed by atoms with Gasteiger partial charge in [0.25, 0.3) is 0 Å². The zero-order valence-corrected chi connectivity index (χ0v) is 5.26. The van der Waals surface area contributed by atoms with E-state index in [9.17, 15) is 4.79 Å². The first-order valence-electron chi connectivity index (χ1n) is 3.26. The lowest BCUT2D eigenvalue weighted by Gasteiger charge is -2.38. The zero-order valence-electron chi connectivity index (χ0n) is 5.26. The minimum atomic E-state index is -0.257. The van der Waals surface area contributed by atoms with Crippen molar-refractivity contribution in [2.45, 2.75) is 12.8 Å². The monoisotopic (exact) mass is 126 g/mol. The second-order valence-corrected chi connectivity index (χ2v) is 3.19. The van der Waals surface area contributed by atoms with Gasteiger partial charge in [0.05, 0.1) is 0 Å². The average molecular weight is 126 g/mol. The van der Waals surface area contributed by atoms with Gasteiger partial charge in [0.2, 0.25) is 0 Å². The molecule has 0 aromatic heterocycles. The van der Waals surface area contributed by atoms with Crippen molar-refractivity contribution in [2.75, 3.05) is 13.1 Å². The molecule has 1 heterocycles. The Morgan fingerprint density at radius 3 is 2.33 bits per heavy atom. The predicted molar refractivity (Wildman–Crippen MR) is 32.8 cm³/mol. The molecular weight excluding hydrogens is 116 g/mol. The van der Waals surface area contributed by atoms with Crippen LogP contribution in [0, 0.1) is 5.41 Å². The molecule has 1 saturated heterocycles. The highest BCUT2D eigenvalue weighted by Crippen LogP contribution is 2.52. The molecule has 0 radical (unpaired) electrons. The van der Waals surface area contributed by atoms with Crippen LogP contribution in [-0.4, -0.2) is 24.0 Å². The molecule has 50 valence electrons. The van der Waals surface area contributed by atoms with Gasteiger partial charge in [-0.15, -0.1) is 0 Å². The fourth-order valence-corrected chi connectivity index (χ4v) is 1.41. The molecule has 1 aliphatic carbocycles. The van der Waals surface area contributed by atoms with Gasteiger partial charge in [0.15, 0.2) is 0 Å². The van der Waals surface area contributed by atoms with Gasteiger partial charge in [-0.1, -0.05) is 0 Å². The standard InChI is InChI=1S/C6H10N2O/c7-5(9)8-3-6(4-8)1-2-6/h1-4H2,(H2,7,9). The number of primary amides is 1. The topological polar surface area (TPSA) is 46.3 Å². The number of amides is 2. The number of nitrogens with two attached hydrogens (primary N) is 1. The molecule has 3 nitrogen and oxygen atoms in total. The van der Waals surface area contributed by atoms with Crippen LogP contribution in [0.3, 0.4) is 0 Å². The molecule has 0 aromatic carbocycles. The van der Waals surface area contributed by atoms with Crippen LogP contribution in [0.2, 0.25) is 0 Å². The molecule has 2 rings (SSSR count). The maximum Gasteiger partial charge on any atom is 0.314 e. The van der Waals surface area contributed by atoms with Crippen molar-refractivity contribution in [3.63, 3.8) is 0 Å². The molecule has 1 saturated carbocycles. The Hall–Kier alpha value is -0.730. The number of carbonyl (C=O) groups excluding carboxylic acids is 1. The molecule has 0 atom stereocenters. The van der Waals surface area contributed by atoms with Gasteiger partial charge >= 0.3 is 6.03 Å². The summed E-state index contributed by atoms with van der Waals surface area (Å²) in [6.45, 7) is 1.84. The molecule has 2 aliphatic rings. The molecule has 2 amide bonds. The van der Waals surface area contributed by atoms with Crippen LogP contribution in [0.15, 0.2) is 0 Å². The van der Waals surface area contributed by atoms with Crippen molar-refractivity contribution in [1.82, 2.24) is 4.90 Å². The number of nitrogens with zero attached hydrogens (tertiary/aromatic N) is 1.